The van der Waals surface area contributed by atoms with Gasteiger partial charge in [-0.25, -0.2) is 0 Å². The molecule has 0 N–H and O–H groups in total. The topological polar surface area (TPSA) is 9.23 Å². The molecule has 1 fully saturated rings. The van der Waals surface area contributed by atoms with E-state index in [1.54, 1.807) is 0 Å². The molecule has 7 heteroatoms. The summed E-state index contributed by atoms with van der Waals surface area (Å²) >= 11 is 0. The lowest BCUT2D eigenvalue weighted by Crippen LogP contribution is -2.13. The molecule has 0 bridgehead atoms. The first-order valence-corrected chi connectivity index (χ1v) is 14.5. The molecule has 1 nitrogen and oxygen atoms in total. The Morgan fingerprint density at radius 1 is 0.735 bits per heavy atom. The molecular weight excluding hydrogens is 467 g/mol. The van der Waals surface area contributed by atoms with Crippen LogP contribution < -0.4 is 4.74 Å². The van der Waals surface area contributed by atoms with Crippen molar-refractivity contribution in [3.05, 3.63) is 59.7 Å². The summed E-state index contributed by atoms with van der Waals surface area (Å²) in [5.74, 6) is 1.56. The molecule has 0 spiro atoms. The number of rotatable bonds is 12. The average molecular weight is 505 g/mol. The second-order valence-electron chi connectivity index (χ2n) is 9.74. The van der Waals surface area contributed by atoms with Crippen molar-refractivity contribution >= 4 is 10.2 Å². The van der Waals surface area contributed by atoms with Crippen molar-refractivity contribution < 1.29 is 24.2 Å². The Morgan fingerprint density at radius 2 is 1.32 bits per heavy atom. The lowest BCUT2D eigenvalue weighted by Gasteiger charge is -2.40. The maximum absolute atomic E-state index is 12.8. The summed E-state index contributed by atoms with van der Waals surface area (Å²) in [5, 5.41) is 0. The molecule has 0 radical (unpaired) electrons. The molecule has 2 aromatic rings. The van der Waals surface area contributed by atoms with E-state index < -0.39 is 15.1 Å². The molecule has 0 aromatic heterocycles. The Labute approximate surface area is 200 Å². The Bertz CT molecular complexity index is 886. The fourth-order valence-electron chi connectivity index (χ4n) is 4.84. The van der Waals surface area contributed by atoms with Gasteiger partial charge in [0.05, 0.1) is 0 Å². The lowest BCUT2D eigenvalue weighted by atomic mass is 9.77. The molecule has 192 valence electrons. The molecule has 0 atom stereocenters. The van der Waals surface area contributed by atoms with Crippen molar-refractivity contribution in [3.63, 3.8) is 0 Å². The predicted octanol–water partition coefficient (Wildman–Crippen LogP) is 10.9. The van der Waals surface area contributed by atoms with Crippen molar-refractivity contribution in [2.45, 2.75) is 95.0 Å². The van der Waals surface area contributed by atoms with Crippen LogP contribution in [0, 0.1) is 5.92 Å². The highest BCUT2D eigenvalue weighted by molar-refractivity contribution is 8.45. The number of ether oxygens (including phenoxy) is 1. The van der Waals surface area contributed by atoms with Crippen LogP contribution in [0.5, 0.6) is 5.75 Å². The maximum Gasteiger partial charge on any atom is 0.310 e. The van der Waals surface area contributed by atoms with Crippen molar-refractivity contribution in [1.29, 1.82) is 0 Å². The van der Waals surface area contributed by atoms with Gasteiger partial charge in [0.2, 0.25) is 0 Å². The normalized spacial score (nSPS) is 21.0. The number of unbranched alkanes of at least 4 members (excludes halogenated alkanes) is 5. The van der Waals surface area contributed by atoms with E-state index in [2.05, 4.69) is 19.1 Å². The van der Waals surface area contributed by atoms with E-state index in [1.807, 2.05) is 12.1 Å². The number of hydrogen-bond acceptors (Lipinski definition) is 1. The van der Waals surface area contributed by atoms with E-state index in [0.717, 1.165) is 23.6 Å². The first-order valence-electron chi connectivity index (χ1n) is 12.5. The second-order valence-corrected chi connectivity index (χ2v) is 12.2. The van der Waals surface area contributed by atoms with Gasteiger partial charge in [0, 0.05) is 0 Å². The molecule has 1 saturated carbocycles. The summed E-state index contributed by atoms with van der Waals surface area (Å²) in [4.78, 5) is -1.90. The maximum atomic E-state index is 12.8. The summed E-state index contributed by atoms with van der Waals surface area (Å²) in [7, 11) is -9.65. The van der Waals surface area contributed by atoms with Crippen LogP contribution in [-0.4, -0.2) is 0 Å². The zero-order valence-electron chi connectivity index (χ0n) is 20.0. The van der Waals surface area contributed by atoms with E-state index in [-0.39, 0.29) is 12.4 Å². The molecule has 1 aliphatic carbocycles. The molecule has 0 saturated heterocycles. The second kappa shape index (κ2) is 10.5. The third-order valence-corrected chi connectivity index (χ3v) is 8.10. The average Bonchev–Trinajstić information content (AvgIpc) is 2.80. The summed E-state index contributed by atoms with van der Waals surface area (Å²) in [5.41, 5.74) is 2.21. The minimum atomic E-state index is -9.65. The smallest absolute Gasteiger partial charge is 0.310 e. The van der Waals surface area contributed by atoms with Gasteiger partial charge in [0.1, 0.15) is 17.3 Å². The third kappa shape index (κ3) is 8.47. The zero-order valence-corrected chi connectivity index (χ0v) is 20.8. The minimum Gasteiger partial charge on any atom is -0.489 e. The fraction of sp³-hybridized carbons (Fsp3) is 0.556. The molecule has 0 unspecified atom stereocenters. The molecular formula is C27H37F5OS. The van der Waals surface area contributed by atoms with Gasteiger partial charge < -0.3 is 4.74 Å². The summed E-state index contributed by atoms with van der Waals surface area (Å²) in [6.07, 6.45) is 14.5. The van der Waals surface area contributed by atoms with Crippen LogP contribution in [0.2, 0.25) is 0 Å². The molecule has 0 amide bonds. The van der Waals surface area contributed by atoms with Gasteiger partial charge in [0.25, 0.3) is 0 Å². The lowest BCUT2D eigenvalue weighted by molar-refractivity contribution is 0.300. The van der Waals surface area contributed by atoms with Crippen LogP contribution in [0.25, 0.3) is 0 Å². The van der Waals surface area contributed by atoms with Gasteiger partial charge >= 0.3 is 10.2 Å². The summed E-state index contributed by atoms with van der Waals surface area (Å²) in [6, 6.07) is 10.8. The highest BCUT2D eigenvalue weighted by atomic mass is 32.5. The van der Waals surface area contributed by atoms with E-state index >= 15 is 0 Å². The Balaban J connectivity index is 1.41. The quantitative estimate of drug-likeness (QED) is 0.206. The van der Waals surface area contributed by atoms with Gasteiger partial charge in [-0.3, -0.25) is 0 Å². The molecule has 0 aliphatic heterocycles. The Kier molecular flexibility index (Phi) is 8.26. The molecule has 1 aliphatic rings. The van der Waals surface area contributed by atoms with Crippen LogP contribution in [0.3, 0.4) is 0 Å². The largest absolute Gasteiger partial charge is 0.489 e. The van der Waals surface area contributed by atoms with Crippen LogP contribution in [0.4, 0.5) is 19.4 Å². The van der Waals surface area contributed by atoms with E-state index in [0.29, 0.717) is 18.1 Å². The third-order valence-electron chi connectivity index (χ3n) is 6.94. The van der Waals surface area contributed by atoms with Crippen LogP contribution in [0.15, 0.2) is 53.4 Å². The van der Waals surface area contributed by atoms with Crippen molar-refractivity contribution in [3.8, 4) is 5.75 Å². The van der Waals surface area contributed by atoms with E-state index in [4.69, 9.17) is 4.74 Å². The molecule has 0 heterocycles. The van der Waals surface area contributed by atoms with Gasteiger partial charge in [-0.05, 0) is 72.9 Å². The van der Waals surface area contributed by atoms with Gasteiger partial charge in [0.15, 0.2) is 0 Å². The Hall–Kier alpha value is -1.76. The Morgan fingerprint density at radius 3 is 1.91 bits per heavy atom. The van der Waals surface area contributed by atoms with Crippen LogP contribution >= 0.6 is 10.2 Å². The summed E-state index contributed by atoms with van der Waals surface area (Å²) < 4.78 is 69.5. The van der Waals surface area contributed by atoms with Crippen LogP contribution in [0.1, 0.15) is 94.6 Å². The van der Waals surface area contributed by atoms with Crippen molar-refractivity contribution in [2.75, 3.05) is 0 Å². The number of hydrogen-bond donors (Lipinski definition) is 0. The monoisotopic (exact) mass is 504 g/mol. The van der Waals surface area contributed by atoms with Gasteiger partial charge in [-0.1, -0.05) is 95.6 Å². The zero-order chi connectivity index (χ0) is 24.7. The number of benzene rings is 2. The van der Waals surface area contributed by atoms with Crippen LogP contribution in [-0.2, 0) is 6.61 Å². The SMILES string of the molecule is CCCCCCCC[C@H]1CC[C@H](c2ccc(COc3ccc(S(F)(F)(F)(F)F)cc3)cc2)CC1. The highest BCUT2D eigenvalue weighted by Gasteiger charge is 2.65. The standard InChI is InChI=1S/C27H37F5OS/c1-2-3-4-5-6-7-8-22-9-13-24(14-10-22)25-15-11-23(12-16-25)21-33-26-17-19-27(20-18-26)34(28,29,30,31)32/h11-12,15-20,22,24H,2-10,13-14,21H2,1H3/t22-,24-. The minimum absolute atomic E-state index is 0.123. The van der Waals surface area contributed by atoms with E-state index in [9.17, 15) is 19.4 Å². The van der Waals surface area contributed by atoms with Crippen molar-refractivity contribution in [2.24, 2.45) is 5.92 Å². The first-order chi connectivity index (χ1) is 15.9. The number of halogens is 5. The van der Waals surface area contributed by atoms with Gasteiger partial charge in [-0.2, -0.15) is 0 Å². The van der Waals surface area contributed by atoms with Gasteiger partial charge in [-0.15, -0.1) is 0 Å². The predicted molar refractivity (Wildman–Crippen MR) is 131 cm³/mol. The first kappa shape index (κ1) is 26.8. The van der Waals surface area contributed by atoms with E-state index in [1.165, 1.54) is 76.2 Å². The molecule has 2 aromatic carbocycles. The van der Waals surface area contributed by atoms with Crippen molar-refractivity contribution in [1.82, 2.24) is 0 Å². The molecule has 3 rings (SSSR count). The fourth-order valence-corrected chi connectivity index (χ4v) is 5.49. The molecule has 34 heavy (non-hydrogen) atoms. The highest BCUT2D eigenvalue weighted by Crippen LogP contribution is 3.02. The summed E-state index contributed by atoms with van der Waals surface area (Å²) in [6.45, 7) is 2.42.